The van der Waals surface area contributed by atoms with Gasteiger partial charge in [-0.25, -0.2) is 0 Å². The summed E-state index contributed by atoms with van der Waals surface area (Å²) in [5.41, 5.74) is 0. The third-order valence-corrected chi connectivity index (χ3v) is 0.981. The van der Waals surface area contributed by atoms with Gasteiger partial charge >= 0.3 is 0 Å². The quantitative estimate of drug-likeness (QED) is 0.533. The summed E-state index contributed by atoms with van der Waals surface area (Å²) in [5, 5.41) is 0. The average Bonchev–Trinajstić information content (AvgIpc) is 1.61. The Morgan fingerprint density at radius 1 is 1.57 bits per heavy atom. The molecule has 0 rings (SSSR count). The Kier molecular flexibility index (Phi) is 4.88. The average molecular weight is 134 g/mol. The highest BCUT2D eigenvalue weighted by molar-refractivity contribution is 8.04. The molecule has 0 fully saturated rings. The predicted molar refractivity (Wildman–Crippen MR) is 41.0 cm³/mol. The molecule has 0 atom stereocenters. The molecule has 0 N–H and O–H groups in total. The molecule has 0 spiro atoms. The lowest BCUT2D eigenvalue weighted by Crippen LogP contribution is -1.59. The highest BCUT2D eigenvalue weighted by atomic mass is 32.2. The van der Waals surface area contributed by atoms with Gasteiger partial charge in [-0.05, 0) is 6.42 Å². The van der Waals surface area contributed by atoms with Crippen LogP contribution in [0.3, 0.4) is 0 Å². The van der Waals surface area contributed by atoms with Crippen LogP contribution in [0.1, 0.15) is 19.8 Å². The molecule has 0 aromatic carbocycles. The lowest BCUT2D eigenvalue weighted by Gasteiger charge is -1.83. The molecule has 0 saturated carbocycles. The third kappa shape index (κ3) is 6.44. The largest absolute Gasteiger partial charge is 0.137 e. The zero-order chi connectivity index (χ0) is 5.70. The zero-order valence-electron chi connectivity index (χ0n) is 4.39. The van der Waals surface area contributed by atoms with Gasteiger partial charge in [0.15, 0.2) is 0 Å². The van der Waals surface area contributed by atoms with Gasteiger partial charge in [0.05, 0.1) is 0 Å². The summed E-state index contributed by atoms with van der Waals surface area (Å²) in [6, 6.07) is 0. The number of hydrogen-bond donors (Lipinski definition) is 2. The molecule has 2 heteroatoms. The summed E-state index contributed by atoms with van der Waals surface area (Å²) in [6.07, 6.45) is 4.25. The first-order chi connectivity index (χ1) is 3.27. The molecule has 0 aromatic heterocycles. The van der Waals surface area contributed by atoms with Crippen molar-refractivity contribution >= 4 is 25.3 Å². The van der Waals surface area contributed by atoms with E-state index in [0.717, 1.165) is 10.7 Å². The molecule has 0 amide bonds. The Morgan fingerprint density at radius 3 is 2.29 bits per heavy atom. The number of allylic oxidation sites excluding steroid dienone is 1. The van der Waals surface area contributed by atoms with Crippen LogP contribution in [-0.4, -0.2) is 0 Å². The first-order valence-electron chi connectivity index (χ1n) is 2.35. The van der Waals surface area contributed by atoms with Gasteiger partial charge in [-0.2, -0.15) is 0 Å². The molecule has 42 valence electrons. The van der Waals surface area contributed by atoms with Crippen molar-refractivity contribution in [1.82, 2.24) is 0 Å². The predicted octanol–water partition coefficient (Wildman–Crippen LogP) is 2.49. The van der Waals surface area contributed by atoms with Gasteiger partial charge in [-0.1, -0.05) is 19.4 Å². The molecule has 0 aliphatic heterocycles. The summed E-state index contributed by atoms with van der Waals surface area (Å²) in [4.78, 5) is 0. The van der Waals surface area contributed by atoms with E-state index in [1.807, 2.05) is 6.08 Å². The van der Waals surface area contributed by atoms with Crippen LogP contribution in [0.4, 0.5) is 0 Å². The minimum Gasteiger partial charge on any atom is -0.137 e. The summed E-state index contributed by atoms with van der Waals surface area (Å²) >= 11 is 7.91. The molecule has 0 bridgehead atoms. The van der Waals surface area contributed by atoms with Gasteiger partial charge in [-0.3, -0.25) is 0 Å². The number of hydrogen-bond acceptors (Lipinski definition) is 2. The van der Waals surface area contributed by atoms with Gasteiger partial charge in [0, 0.05) is 4.24 Å². The number of rotatable bonds is 2. The summed E-state index contributed by atoms with van der Waals surface area (Å²) in [7, 11) is 0. The topological polar surface area (TPSA) is 0 Å². The lowest BCUT2D eigenvalue weighted by molar-refractivity contribution is 0.959. The Balaban J connectivity index is 3.08. The van der Waals surface area contributed by atoms with Crippen molar-refractivity contribution in [2.24, 2.45) is 0 Å². The van der Waals surface area contributed by atoms with Crippen LogP contribution in [0.15, 0.2) is 10.3 Å². The van der Waals surface area contributed by atoms with E-state index >= 15 is 0 Å². The minimum absolute atomic E-state index is 0.821. The Labute approximate surface area is 55.8 Å². The van der Waals surface area contributed by atoms with Crippen molar-refractivity contribution < 1.29 is 0 Å². The molecule has 0 radical (unpaired) electrons. The fraction of sp³-hybridized carbons (Fsp3) is 0.600. The third-order valence-electron chi connectivity index (χ3n) is 0.616. The molecule has 0 aliphatic carbocycles. The summed E-state index contributed by atoms with van der Waals surface area (Å²) in [6.45, 7) is 2.13. The standard InChI is InChI=1S/C5H10S2/c1-2-3-4-5(6)7/h4,6-7H,2-3H2,1H3. The molecule has 7 heavy (non-hydrogen) atoms. The lowest BCUT2D eigenvalue weighted by atomic mass is 10.3. The maximum absolute atomic E-state index is 3.96. The molecule has 0 aromatic rings. The van der Waals surface area contributed by atoms with E-state index in [-0.39, 0.29) is 0 Å². The van der Waals surface area contributed by atoms with Gasteiger partial charge in [0.25, 0.3) is 0 Å². The van der Waals surface area contributed by atoms with Crippen molar-refractivity contribution in [2.75, 3.05) is 0 Å². The van der Waals surface area contributed by atoms with E-state index < -0.39 is 0 Å². The maximum Gasteiger partial charge on any atom is 0.0299 e. The van der Waals surface area contributed by atoms with Crippen LogP contribution < -0.4 is 0 Å². The van der Waals surface area contributed by atoms with E-state index in [0.29, 0.717) is 0 Å². The van der Waals surface area contributed by atoms with Crippen LogP contribution in [0.25, 0.3) is 0 Å². The fourth-order valence-corrected chi connectivity index (χ4v) is 0.532. The van der Waals surface area contributed by atoms with Crippen LogP contribution in [0, 0.1) is 0 Å². The van der Waals surface area contributed by atoms with Crippen LogP contribution in [0.5, 0.6) is 0 Å². The Bertz CT molecular complexity index is 62.5. The number of thiol groups is 2. The maximum atomic E-state index is 3.96. The van der Waals surface area contributed by atoms with Crippen molar-refractivity contribution in [3.8, 4) is 0 Å². The fourth-order valence-electron chi connectivity index (χ4n) is 0.273. The van der Waals surface area contributed by atoms with Crippen molar-refractivity contribution in [1.29, 1.82) is 0 Å². The van der Waals surface area contributed by atoms with Gasteiger partial charge in [0.2, 0.25) is 0 Å². The first-order valence-corrected chi connectivity index (χ1v) is 3.25. The molecule has 0 heterocycles. The molecule has 0 unspecified atom stereocenters. The smallest absolute Gasteiger partial charge is 0.0299 e. The van der Waals surface area contributed by atoms with Gasteiger partial charge in [0.1, 0.15) is 0 Å². The van der Waals surface area contributed by atoms with Crippen molar-refractivity contribution in [3.63, 3.8) is 0 Å². The highest BCUT2D eigenvalue weighted by Crippen LogP contribution is 2.06. The number of unbranched alkanes of at least 4 members (excludes halogenated alkanes) is 1. The summed E-state index contributed by atoms with van der Waals surface area (Å²) in [5.74, 6) is 0. The van der Waals surface area contributed by atoms with Crippen molar-refractivity contribution in [2.45, 2.75) is 19.8 Å². The van der Waals surface area contributed by atoms with E-state index in [2.05, 4.69) is 32.2 Å². The minimum atomic E-state index is 0.821. The van der Waals surface area contributed by atoms with Crippen LogP contribution >= 0.6 is 25.3 Å². The van der Waals surface area contributed by atoms with E-state index in [9.17, 15) is 0 Å². The summed E-state index contributed by atoms with van der Waals surface area (Å²) < 4.78 is 0.821. The molecular formula is C5H10S2. The van der Waals surface area contributed by atoms with Gasteiger partial charge < -0.3 is 0 Å². The molecule has 0 nitrogen and oxygen atoms in total. The van der Waals surface area contributed by atoms with Gasteiger partial charge in [-0.15, -0.1) is 25.3 Å². The second kappa shape index (κ2) is 4.60. The monoisotopic (exact) mass is 134 g/mol. The normalized spacial score (nSPS) is 8.43. The van der Waals surface area contributed by atoms with E-state index in [1.165, 1.54) is 6.42 Å². The second-order valence-electron chi connectivity index (χ2n) is 1.35. The SMILES string of the molecule is CCCC=C(S)S. The molecular weight excluding hydrogens is 124 g/mol. The van der Waals surface area contributed by atoms with E-state index in [4.69, 9.17) is 0 Å². The molecule has 0 aliphatic rings. The van der Waals surface area contributed by atoms with Crippen molar-refractivity contribution in [3.05, 3.63) is 10.3 Å². The Morgan fingerprint density at radius 2 is 2.14 bits per heavy atom. The van der Waals surface area contributed by atoms with Crippen LogP contribution in [-0.2, 0) is 0 Å². The van der Waals surface area contributed by atoms with Crippen LogP contribution in [0.2, 0.25) is 0 Å². The van der Waals surface area contributed by atoms with E-state index in [1.54, 1.807) is 0 Å². The first kappa shape index (κ1) is 7.44. The molecule has 0 saturated heterocycles. The Hall–Kier alpha value is 0.440. The zero-order valence-corrected chi connectivity index (χ0v) is 6.17. The highest BCUT2D eigenvalue weighted by Gasteiger charge is 1.74. The second-order valence-corrected chi connectivity index (χ2v) is 2.67.